The van der Waals surface area contributed by atoms with Crippen LogP contribution in [0.3, 0.4) is 0 Å². The van der Waals surface area contributed by atoms with Gasteiger partial charge in [0.15, 0.2) is 6.10 Å². The van der Waals surface area contributed by atoms with Crippen LogP contribution in [0, 0.1) is 0 Å². The first kappa shape index (κ1) is 12.8. The van der Waals surface area contributed by atoms with Gasteiger partial charge in [0, 0.05) is 19.1 Å². The van der Waals surface area contributed by atoms with E-state index in [0.29, 0.717) is 25.9 Å². The van der Waals surface area contributed by atoms with Gasteiger partial charge in [0.2, 0.25) is 0 Å². The van der Waals surface area contributed by atoms with Gasteiger partial charge in [-0.05, 0) is 26.3 Å². The van der Waals surface area contributed by atoms with E-state index in [1.54, 1.807) is 0 Å². The minimum absolute atomic E-state index is 0.102. The maximum atomic E-state index is 12.3. The maximum Gasteiger partial charge on any atom is 0.254 e. The van der Waals surface area contributed by atoms with Crippen molar-refractivity contribution in [3.05, 3.63) is 0 Å². The zero-order valence-electron chi connectivity index (χ0n) is 10.5. The van der Waals surface area contributed by atoms with Crippen molar-refractivity contribution in [3.8, 4) is 0 Å². The molecule has 0 bridgehead atoms. The standard InChI is InChI=1S/C12H22N2O3/c1-13-8-10-4-2-3-5-14(10)12(15)11-9-16-6-7-17-11/h10-11,13H,2-9H2,1H3. The van der Waals surface area contributed by atoms with Gasteiger partial charge in [-0.1, -0.05) is 0 Å². The number of hydrogen-bond acceptors (Lipinski definition) is 4. The predicted octanol–water partition coefficient (Wildman–Crippen LogP) is 0.00230. The summed E-state index contributed by atoms with van der Waals surface area (Å²) in [5.41, 5.74) is 0. The Morgan fingerprint density at radius 3 is 3.00 bits per heavy atom. The van der Waals surface area contributed by atoms with Crippen molar-refractivity contribution in [2.75, 3.05) is 40.0 Å². The van der Waals surface area contributed by atoms with Gasteiger partial charge in [-0.2, -0.15) is 0 Å². The van der Waals surface area contributed by atoms with E-state index in [0.717, 1.165) is 25.9 Å². The summed E-state index contributed by atoms with van der Waals surface area (Å²) in [6, 6.07) is 0.312. The third-order valence-corrected chi connectivity index (χ3v) is 3.44. The lowest BCUT2D eigenvalue weighted by Gasteiger charge is -2.38. The highest BCUT2D eigenvalue weighted by molar-refractivity contribution is 5.81. The largest absolute Gasteiger partial charge is 0.376 e. The topological polar surface area (TPSA) is 50.8 Å². The van der Waals surface area contributed by atoms with Crippen molar-refractivity contribution in [2.24, 2.45) is 0 Å². The fourth-order valence-corrected chi connectivity index (χ4v) is 2.55. The molecule has 2 rings (SSSR count). The van der Waals surface area contributed by atoms with Crippen molar-refractivity contribution in [1.82, 2.24) is 10.2 Å². The molecule has 0 spiro atoms. The molecule has 0 aliphatic carbocycles. The fourth-order valence-electron chi connectivity index (χ4n) is 2.55. The van der Waals surface area contributed by atoms with Crippen LogP contribution in [0.15, 0.2) is 0 Å². The Morgan fingerprint density at radius 1 is 1.41 bits per heavy atom. The second kappa shape index (κ2) is 6.33. The summed E-state index contributed by atoms with van der Waals surface area (Å²) in [6.07, 6.45) is 3.00. The summed E-state index contributed by atoms with van der Waals surface area (Å²) in [6.45, 7) is 3.25. The van der Waals surface area contributed by atoms with Crippen LogP contribution in [-0.4, -0.2) is 62.9 Å². The Hall–Kier alpha value is -0.650. The molecule has 2 atom stereocenters. The van der Waals surface area contributed by atoms with E-state index in [2.05, 4.69) is 5.32 Å². The van der Waals surface area contributed by atoms with Crippen LogP contribution in [0.4, 0.5) is 0 Å². The molecule has 5 heteroatoms. The minimum Gasteiger partial charge on any atom is -0.376 e. The molecule has 2 unspecified atom stereocenters. The van der Waals surface area contributed by atoms with Crippen LogP contribution >= 0.6 is 0 Å². The van der Waals surface area contributed by atoms with Crippen molar-refractivity contribution in [2.45, 2.75) is 31.4 Å². The number of amides is 1. The lowest BCUT2D eigenvalue weighted by Crippen LogP contribution is -2.53. The first-order valence-corrected chi connectivity index (χ1v) is 6.47. The van der Waals surface area contributed by atoms with E-state index in [1.165, 1.54) is 6.42 Å². The molecule has 1 amide bonds. The summed E-state index contributed by atoms with van der Waals surface area (Å²) in [7, 11) is 1.93. The van der Waals surface area contributed by atoms with Crippen LogP contribution in [0.2, 0.25) is 0 Å². The quantitative estimate of drug-likeness (QED) is 0.757. The molecule has 2 aliphatic rings. The molecule has 0 radical (unpaired) electrons. The highest BCUT2D eigenvalue weighted by atomic mass is 16.6. The number of rotatable bonds is 3. The summed E-state index contributed by atoms with van der Waals surface area (Å²) in [5.74, 6) is 0.102. The highest BCUT2D eigenvalue weighted by Crippen LogP contribution is 2.19. The summed E-state index contributed by atoms with van der Waals surface area (Å²) in [4.78, 5) is 14.3. The second-order valence-corrected chi connectivity index (χ2v) is 4.67. The number of piperidine rings is 1. The Morgan fingerprint density at radius 2 is 2.29 bits per heavy atom. The summed E-state index contributed by atoms with van der Waals surface area (Å²) >= 11 is 0. The van der Waals surface area contributed by atoms with Crippen molar-refractivity contribution >= 4 is 5.91 Å². The van der Waals surface area contributed by atoms with E-state index >= 15 is 0 Å². The predicted molar refractivity (Wildman–Crippen MR) is 63.8 cm³/mol. The average Bonchev–Trinajstić information content (AvgIpc) is 2.40. The van der Waals surface area contributed by atoms with E-state index in [9.17, 15) is 4.79 Å². The third-order valence-electron chi connectivity index (χ3n) is 3.44. The average molecular weight is 242 g/mol. The molecular formula is C12H22N2O3. The molecule has 0 aromatic heterocycles. The minimum atomic E-state index is -0.388. The van der Waals surface area contributed by atoms with Gasteiger partial charge in [-0.15, -0.1) is 0 Å². The number of carbonyl (C=O) groups is 1. The number of likely N-dealkylation sites (N-methyl/N-ethyl adjacent to an activating group) is 1. The number of hydrogen-bond donors (Lipinski definition) is 1. The smallest absolute Gasteiger partial charge is 0.254 e. The number of carbonyl (C=O) groups excluding carboxylic acids is 1. The van der Waals surface area contributed by atoms with Gasteiger partial charge in [0.05, 0.1) is 19.8 Å². The second-order valence-electron chi connectivity index (χ2n) is 4.67. The highest BCUT2D eigenvalue weighted by Gasteiger charge is 2.32. The monoisotopic (exact) mass is 242 g/mol. The van der Waals surface area contributed by atoms with E-state index < -0.39 is 0 Å². The molecule has 2 aliphatic heterocycles. The van der Waals surface area contributed by atoms with Crippen molar-refractivity contribution < 1.29 is 14.3 Å². The summed E-state index contributed by atoms with van der Waals surface area (Å²) in [5, 5.41) is 3.16. The van der Waals surface area contributed by atoms with E-state index in [1.807, 2.05) is 11.9 Å². The molecule has 0 aromatic rings. The van der Waals surface area contributed by atoms with Gasteiger partial charge >= 0.3 is 0 Å². The molecule has 2 fully saturated rings. The van der Waals surface area contributed by atoms with Crippen LogP contribution in [0.5, 0.6) is 0 Å². The van der Waals surface area contributed by atoms with Gasteiger partial charge in [-0.25, -0.2) is 0 Å². The number of ether oxygens (including phenoxy) is 2. The Labute approximate surface area is 102 Å². The fraction of sp³-hybridized carbons (Fsp3) is 0.917. The van der Waals surface area contributed by atoms with E-state index in [4.69, 9.17) is 9.47 Å². The molecule has 1 N–H and O–H groups in total. The first-order valence-electron chi connectivity index (χ1n) is 6.47. The molecule has 2 saturated heterocycles. The molecule has 98 valence electrons. The van der Waals surface area contributed by atoms with Crippen LogP contribution in [-0.2, 0) is 14.3 Å². The molecule has 0 saturated carbocycles. The Bertz CT molecular complexity index is 252. The molecule has 0 aromatic carbocycles. The first-order chi connectivity index (χ1) is 8.33. The SMILES string of the molecule is CNCC1CCCCN1C(=O)C1COCCO1. The van der Waals surface area contributed by atoms with Crippen LogP contribution < -0.4 is 5.32 Å². The normalized spacial score (nSPS) is 30.3. The third kappa shape index (κ3) is 3.18. The van der Waals surface area contributed by atoms with E-state index in [-0.39, 0.29) is 12.0 Å². The molecular weight excluding hydrogens is 220 g/mol. The van der Waals surface area contributed by atoms with Crippen molar-refractivity contribution in [1.29, 1.82) is 0 Å². The van der Waals surface area contributed by atoms with Crippen LogP contribution in [0.25, 0.3) is 0 Å². The van der Waals surface area contributed by atoms with Gasteiger partial charge in [-0.3, -0.25) is 4.79 Å². The molecule has 2 heterocycles. The lowest BCUT2D eigenvalue weighted by molar-refractivity contribution is -0.161. The molecule has 5 nitrogen and oxygen atoms in total. The van der Waals surface area contributed by atoms with Crippen LogP contribution in [0.1, 0.15) is 19.3 Å². The lowest BCUT2D eigenvalue weighted by atomic mass is 10.0. The van der Waals surface area contributed by atoms with Gasteiger partial charge in [0.25, 0.3) is 5.91 Å². The number of likely N-dealkylation sites (tertiary alicyclic amines) is 1. The Kier molecular flexibility index (Phi) is 4.76. The number of nitrogens with zero attached hydrogens (tertiary/aromatic N) is 1. The Balaban J connectivity index is 1.94. The molecule has 17 heavy (non-hydrogen) atoms. The van der Waals surface area contributed by atoms with Gasteiger partial charge in [0.1, 0.15) is 0 Å². The number of nitrogens with one attached hydrogen (secondary N) is 1. The zero-order chi connectivity index (χ0) is 12.1. The van der Waals surface area contributed by atoms with Gasteiger partial charge < -0.3 is 19.7 Å². The van der Waals surface area contributed by atoms with Crippen molar-refractivity contribution in [3.63, 3.8) is 0 Å². The maximum absolute atomic E-state index is 12.3. The zero-order valence-corrected chi connectivity index (χ0v) is 10.5. The summed E-state index contributed by atoms with van der Waals surface area (Å²) < 4.78 is 10.8.